The second-order valence-electron chi connectivity index (χ2n) is 7.56. The minimum Gasteiger partial charge on any atom is -0.323 e. The van der Waals surface area contributed by atoms with Crippen molar-refractivity contribution >= 4 is 11.6 Å². The number of aromatic nitrogens is 6. The third kappa shape index (κ3) is 4.19. The minimum atomic E-state index is -0.222. The van der Waals surface area contributed by atoms with Gasteiger partial charge in [0.25, 0.3) is 0 Å². The molecule has 4 aromatic rings. The number of hydrogen-bond donors (Lipinski definition) is 2. The minimum absolute atomic E-state index is 0.222. The van der Waals surface area contributed by atoms with E-state index in [9.17, 15) is 4.39 Å². The van der Waals surface area contributed by atoms with Gasteiger partial charge >= 0.3 is 0 Å². The molecular formula is C23H26FN7. The van der Waals surface area contributed by atoms with Gasteiger partial charge in [0.15, 0.2) is 11.6 Å². The second-order valence-corrected chi connectivity index (χ2v) is 7.56. The Labute approximate surface area is 180 Å². The van der Waals surface area contributed by atoms with Crippen LogP contribution < -0.4 is 5.32 Å². The molecule has 8 heteroatoms. The number of nitrogens with one attached hydrogen (secondary N) is 2. The van der Waals surface area contributed by atoms with Crippen LogP contribution in [0, 0.1) is 19.7 Å². The standard InChI is InChI=1S/C23H26FN7/c1-5-7-16-11-17(24)8-9-19(16)22-18(6-2)23(29-28-22)27-20-12-21(26-13-25-20)31-15(4)10-14(3)30-31/h8-13H,5-7H2,1-4H3,(H2,25,26,27,28,29). The molecule has 0 atom stereocenters. The van der Waals surface area contributed by atoms with Crippen molar-refractivity contribution in [2.24, 2.45) is 0 Å². The number of benzene rings is 1. The summed E-state index contributed by atoms with van der Waals surface area (Å²) in [6.45, 7) is 8.10. The fourth-order valence-corrected chi connectivity index (χ4v) is 3.83. The van der Waals surface area contributed by atoms with Crippen molar-refractivity contribution in [3.05, 3.63) is 65.0 Å². The summed E-state index contributed by atoms with van der Waals surface area (Å²) in [5.74, 6) is 1.78. The Kier molecular flexibility index (Phi) is 5.79. The molecule has 0 fully saturated rings. The van der Waals surface area contributed by atoms with Crippen LogP contribution in [0.4, 0.5) is 16.0 Å². The molecule has 2 N–H and O–H groups in total. The Bertz CT molecular complexity index is 1210. The van der Waals surface area contributed by atoms with Gasteiger partial charge in [0.1, 0.15) is 18.0 Å². The van der Waals surface area contributed by atoms with Crippen molar-refractivity contribution in [1.82, 2.24) is 29.9 Å². The summed E-state index contributed by atoms with van der Waals surface area (Å²) in [4.78, 5) is 8.69. The Morgan fingerprint density at radius 3 is 2.65 bits per heavy atom. The third-order valence-electron chi connectivity index (χ3n) is 5.20. The zero-order chi connectivity index (χ0) is 22.0. The van der Waals surface area contributed by atoms with Crippen LogP contribution in [-0.4, -0.2) is 29.9 Å². The van der Waals surface area contributed by atoms with Gasteiger partial charge in [0, 0.05) is 22.9 Å². The van der Waals surface area contributed by atoms with Crippen molar-refractivity contribution in [3.63, 3.8) is 0 Å². The molecule has 1 aromatic carbocycles. The Hall–Kier alpha value is -3.55. The molecule has 4 rings (SSSR count). The molecular weight excluding hydrogens is 393 g/mol. The second kappa shape index (κ2) is 8.67. The maximum atomic E-state index is 13.8. The van der Waals surface area contributed by atoms with Crippen LogP contribution >= 0.6 is 0 Å². The first kappa shape index (κ1) is 20.7. The summed E-state index contributed by atoms with van der Waals surface area (Å²) >= 11 is 0. The topological polar surface area (TPSA) is 84.3 Å². The average molecular weight is 420 g/mol. The first-order valence-corrected chi connectivity index (χ1v) is 10.5. The SMILES string of the molecule is CCCc1cc(F)ccc1-c1[nH]nc(Nc2cc(-n3nc(C)cc3C)ncn2)c1CC. The zero-order valence-corrected chi connectivity index (χ0v) is 18.2. The van der Waals surface area contributed by atoms with Crippen molar-refractivity contribution < 1.29 is 4.39 Å². The molecule has 7 nitrogen and oxygen atoms in total. The summed E-state index contributed by atoms with van der Waals surface area (Å²) in [7, 11) is 0. The van der Waals surface area contributed by atoms with Gasteiger partial charge in [0.05, 0.1) is 11.4 Å². The lowest BCUT2D eigenvalue weighted by Crippen LogP contribution is -2.04. The van der Waals surface area contributed by atoms with Gasteiger partial charge in [-0.2, -0.15) is 10.2 Å². The number of anilines is 2. The first-order chi connectivity index (χ1) is 15.0. The molecule has 0 unspecified atom stereocenters. The van der Waals surface area contributed by atoms with Crippen molar-refractivity contribution in [3.8, 4) is 17.1 Å². The molecule has 0 radical (unpaired) electrons. The predicted molar refractivity (Wildman–Crippen MR) is 119 cm³/mol. The highest BCUT2D eigenvalue weighted by molar-refractivity contribution is 5.73. The lowest BCUT2D eigenvalue weighted by molar-refractivity contribution is 0.625. The smallest absolute Gasteiger partial charge is 0.159 e. The van der Waals surface area contributed by atoms with E-state index in [4.69, 9.17) is 0 Å². The first-order valence-electron chi connectivity index (χ1n) is 10.5. The molecule has 0 bridgehead atoms. The van der Waals surface area contributed by atoms with Crippen LogP contribution in [0.5, 0.6) is 0 Å². The van der Waals surface area contributed by atoms with Crippen LogP contribution in [0.15, 0.2) is 36.7 Å². The summed E-state index contributed by atoms with van der Waals surface area (Å²) in [6, 6.07) is 8.77. The van der Waals surface area contributed by atoms with E-state index in [0.717, 1.165) is 53.0 Å². The molecule has 0 aliphatic rings. The predicted octanol–water partition coefficient (Wildman–Crippen LogP) is 5.07. The lowest BCUT2D eigenvalue weighted by Gasteiger charge is -2.10. The normalized spacial score (nSPS) is 11.1. The monoisotopic (exact) mass is 419 g/mol. The molecule has 31 heavy (non-hydrogen) atoms. The van der Waals surface area contributed by atoms with Crippen LogP contribution in [0.25, 0.3) is 17.1 Å². The summed E-state index contributed by atoms with van der Waals surface area (Å²) in [5, 5.41) is 15.4. The number of hydrogen-bond acceptors (Lipinski definition) is 5. The molecule has 0 aliphatic heterocycles. The number of H-pyrrole nitrogens is 1. The van der Waals surface area contributed by atoms with Gasteiger partial charge in [-0.25, -0.2) is 19.0 Å². The van der Waals surface area contributed by atoms with E-state index in [1.165, 1.54) is 12.4 Å². The van der Waals surface area contributed by atoms with Gasteiger partial charge in [-0.3, -0.25) is 5.10 Å². The fourth-order valence-electron chi connectivity index (χ4n) is 3.83. The summed E-state index contributed by atoms with van der Waals surface area (Å²) in [5.41, 5.74) is 5.81. The summed E-state index contributed by atoms with van der Waals surface area (Å²) in [6.07, 6.45) is 4.00. The number of rotatable bonds is 7. The quantitative estimate of drug-likeness (QED) is 0.437. The maximum absolute atomic E-state index is 13.8. The number of aryl methyl sites for hydroxylation is 3. The van der Waals surface area contributed by atoms with Gasteiger partial charge in [-0.1, -0.05) is 20.3 Å². The lowest BCUT2D eigenvalue weighted by atomic mass is 9.97. The van der Waals surface area contributed by atoms with Crippen molar-refractivity contribution in [1.29, 1.82) is 0 Å². The van der Waals surface area contributed by atoms with Gasteiger partial charge in [0.2, 0.25) is 0 Å². The number of halogens is 1. The van der Waals surface area contributed by atoms with Gasteiger partial charge < -0.3 is 5.32 Å². The molecule has 160 valence electrons. The van der Waals surface area contributed by atoms with Crippen molar-refractivity contribution in [2.45, 2.75) is 47.0 Å². The molecule has 3 heterocycles. The van der Waals surface area contributed by atoms with Gasteiger partial charge in [-0.05, 0) is 56.5 Å². The van der Waals surface area contributed by atoms with E-state index < -0.39 is 0 Å². The maximum Gasteiger partial charge on any atom is 0.159 e. The van der Waals surface area contributed by atoms with Crippen LogP contribution in [0.1, 0.15) is 42.8 Å². The van der Waals surface area contributed by atoms with Crippen LogP contribution in [0.2, 0.25) is 0 Å². The number of aromatic amines is 1. The fraction of sp³-hybridized carbons (Fsp3) is 0.304. The molecule has 0 spiro atoms. The van der Waals surface area contributed by atoms with E-state index in [-0.39, 0.29) is 5.82 Å². The van der Waals surface area contributed by atoms with Crippen molar-refractivity contribution in [2.75, 3.05) is 5.32 Å². The van der Waals surface area contributed by atoms with Crippen LogP contribution in [0.3, 0.4) is 0 Å². The largest absolute Gasteiger partial charge is 0.323 e. The zero-order valence-electron chi connectivity index (χ0n) is 18.2. The Balaban J connectivity index is 1.68. The highest BCUT2D eigenvalue weighted by atomic mass is 19.1. The van der Waals surface area contributed by atoms with E-state index in [1.54, 1.807) is 10.7 Å². The highest BCUT2D eigenvalue weighted by Gasteiger charge is 2.17. The van der Waals surface area contributed by atoms with Crippen LogP contribution in [-0.2, 0) is 12.8 Å². The Morgan fingerprint density at radius 1 is 1.10 bits per heavy atom. The van der Waals surface area contributed by atoms with E-state index in [1.807, 2.05) is 32.0 Å². The molecule has 3 aromatic heterocycles. The third-order valence-corrected chi connectivity index (χ3v) is 5.20. The molecule has 0 aliphatic carbocycles. The van der Waals surface area contributed by atoms with E-state index >= 15 is 0 Å². The molecule has 0 saturated heterocycles. The highest BCUT2D eigenvalue weighted by Crippen LogP contribution is 2.32. The molecule has 0 saturated carbocycles. The Morgan fingerprint density at radius 2 is 1.94 bits per heavy atom. The van der Waals surface area contributed by atoms with E-state index in [0.29, 0.717) is 17.5 Å². The number of nitrogens with zero attached hydrogens (tertiary/aromatic N) is 5. The average Bonchev–Trinajstić information content (AvgIpc) is 3.30. The molecule has 0 amide bonds. The summed E-state index contributed by atoms with van der Waals surface area (Å²) < 4.78 is 15.6. The van der Waals surface area contributed by atoms with E-state index in [2.05, 4.69) is 44.4 Å². The van der Waals surface area contributed by atoms with Gasteiger partial charge in [-0.15, -0.1) is 0 Å².